The number of anilines is 3. The highest BCUT2D eigenvalue weighted by molar-refractivity contribution is 7.92. The van der Waals surface area contributed by atoms with Crippen LogP contribution >= 0.6 is 0 Å². The average Bonchev–Trinajstić information content (AvgIpc) is 1.92. The standard InChI is InChI=1S/C46H36N12O24S7/c47-40-33(53-49-26-7-13-30(14-8-26)83(63,64)18-17-82-89(79,80)81)22-34(85(67,68)69)32-21-37(88(76,77)78)44(46(60)39(32)40)56-51-24-1-3-28(4-2-24)57-84(65,66)31-15-9-27(10-16-31)52-55-43-36(87(73,74)75)20-23-19-35(86(70,71)72)42(41(48)38(23)45(43)59)54-50-25-5-11-29(12-6-25)58(61)62/h1-16,19-22,57,59-60H,17-18,47-48H2,(H,67,68,69)(H,70,71,72)(H,73,74,75)(H,76,77,78)(H,79,80,81)/b53-49+,54-50+,55-52+,56-51+. The third-order valence-electron chi connectivity index (χ3n) is 11.9. The lowest BCUT2D eigenvalue weighted by Gasteiger charge is -2.14. The van der Waals surface area contributed by atoms with Crippen LogP contribution in [0.4, 0.5) is 68.2 Å². The molecule has 36 nitrogen and oxygen atoms in total. The summed E-state index contributed by atoms with van der Waals surface area (Å²) in [6.07, 6.45) is 0. The number of sulfone groups is 1. The number of hydrogen-bond donors (Lipinski definition) is 10. The van der Waals surface area contributed by atoms with E-state index < -0.39 is 180 Å². The van der Waals surface area contributed by atoms with E-state index >= 15 is 0 Å². The number of aromatic hydroxyl groups is 2. The van der Waals surface area contributed by atoms with Gasteiger partial charge in [-0.25, -0.2) is 21.0 Å². The minimum atomic E-state index is -5.45. The summed E-state index contributed by atoms with van der Waals surface area (Å²) in [6.45, 7) is -0.929. The summed E-state index contributed by atoms with van der Waals surface area (Å²) in [7, 11) is -35.0. The van der Waals surface area contributed by atoms with Crippen molar-refractivity contribution >= 4 is 161 Å². The van der Waals surface area contributed by atoms with E-state index in [2.05, 4.69) is 49.8 Å². The lowest BCUT2D eigenvalue weighted by Crippen LogP contribution is -2.15. The normalized spacial score (nSPS) is 13.2. The number of rotatable bonds is 21. The number of phenolic OH excluding ortho intramolecular Hbond substituents is 2. The van der Waals surface area contributed by atoms with Gasteiger partial charge in [0, 0.05) is 23.2 Å². The number of azo groups is 4. The number of nitrogens with one attached hydrogen (secondary N) is 1. The molecule has 8 aromatic carbocycles. The third kappa shape index (κ3) is 14.9. The third-order valence-corrected chi connectivity index (χ3v) is 19.0. The molecule has 0 saturated carbocycles. The van der Waals surface area contributed by atoms with E-state index in [4.69, 9.17) is 16.0 Å². The maximum absolute atomic E-state index is 13.5. The summed E-state index contributed by atoms with van der Waals surface area (Å²) in [5.74, 6) is -3.26. The van der Waals surface area contributed by atoms with Crippen molar-refractivity contribution in [3.8, 4) is 11.5 Å². The van der Waals surface area contributed by atoms with Crippen LogP contribution in [0.2, 0.25) is 0 Å². The van der Waals surface area contributed by atoms with E-state index in [0.717, 1.165) is 97.1 Å². The Labute approximate surface area is 500 Å². The molecule has 0 aliphatic carbocycles. The molecule has 0 amide bonds. The van der Waals surface area contributed by atoms with E-state index in [1.54, 1.807) is 0 Å². The second-order valence-corrected chi connectivity index (χ2v) is 28.2. The minimum Gasteiger partial charge on any atom is -0.505 e. The molecule has 0 radical (unpaired) electrons. The topological polar surface area (TPSA) is 596 Å². The summed E-state index contributed by atoms with van der Waals surface area (Å²) >= 11 is 0. The number of sulfonamides is 1. The van der Waals surface area contributed by atoms with Gasteiger partial charge < -0.3 is 21.7 Å². The average molecular weight is 1370 g/mol. The lowest BCUT2D eigenvalue weighted by atomic mass is 10.0. The zero-order valence-corrected chi connectivity index (χ0v) is 49.3. The zero-order chi connectivity index (χ0) is 65.6. The molecule has 0 bridgehead atoms. The molecule has 8 aromatic rings. The Morgan fingerprint density at radius 2 is 0.876 bits per heavy atom. The van der Waals surface area contributed by atoms with Gasteiger partial charge in [-0.3, -0.25) is 37.6 Å². The van der Waals surface area contributed by atoms with Crippen LogP contribution in [0.1, 0.15) is 0 Å². The molecular formula is C46H36N12O24S7. The summed E-state index contributed by atoms with van der Waals surface area (Å²) in [5, 5.41) is 61.7. The van der Waals surface area contributed by atoms with Crippen molar-refractivity contribution in [2.24, 2.45) is 40.9 Å². The smallest absolute Gasteiger partial charge is 0.397 e. The molecular weight excluding hydrogens is 1330 g/mol. The molecule has 8 rings (SSSR count). The van der Waals surface area contributed by atoms with Gasteiger partial charge in [-0.1, -0.05) is 0 Å². The summed E-state index contributed by atoms with van der Waals surface area (Å²) in [6, 6.07) is 19.5. The number of fused-ring (bicyclic) bond motifs is 2. The second kappa shape index (κ2) is 24.2. The van der Waals surface area contributed by atoms with Crippen LogP contribution in [0.15, 0.2) is 192 Å². The number of nitro benzene ring substituents is 1. The highest BCUT2D eigenvalue weighted by Crippen LogP contribution is 2.50. The molecule has 0 heterocycles. The van der Waals surface area contributed by atoms with Gasteiger partial charge in [0.05, 0.1) is 72.0 Å². The Kier molecular flexibility index (Phi) is 17.8. The first kappa shape index (κ1) is 65.5. The van der Waals surface area contributed by atoms with Gasteiger partial charge in [0.1, 0.15) is 42.3 Å². The monoisotopic (exact) mass is 1360 g/mol. The first-order chi connectivity index (χ1) is 41.2. The molecule has 0 aliphatic heterocycles. The molecule has 466 valence electrons. The van der Waals surface area contributed by atoms with Gasteiger partial charge in [-0.05, 0) is 115 Å². The van der Waals surface area contributed by atoms with Gasteiger partial charge in [-0.2, -0.15) is 62.5 Å². The van der Waals surface area contributed by atoms with Crippen molar-refractivity contribution in [3.05, 3.63) is 131 Å². The van der Waals surface area contributed by atoms with Crippen molar-refractivity contribution in [1.82, 2.24) is 0 Å². The SMILES string of the molecule is Nc1c(/N=N/c2ccc([N+](=O)[O-])cc2)c(S(=O)(=O)O)cc2cc(S(=O)(=O)O)c(/N=N/c3ccc(S(=O)(=O)Nc4ccc(/N=N/c5c(S(=O)(=O)O)cc6c(S(=O)(=O)O)cc(/N=N/c7ccc(S(=O)(=O)CCOS(=O)(=O)O)cc7)c(N)c6c5O)cc4)cc3)c(O)c12. The highest BCUT2D eigenvalue weighted by Gasteiger charge is 2.31. The number of nitro groups is 1. The molecule has 0 spiro atoms. The second-order valence-electron chi connectivity index (χ2n) is 17.8. The van der Waals surface area contributed by atoms with Crippen molar-refractivity contribution in [2.75, 3.05) is 28.5 Å². The molecule has 0 atom stereocenters. The highest BCUT2D eigenvalue weighted by atomic mass is 32.3. The number of benzene rings is 8. The summed E-state index contributed by atoms with van der Waals surface area (Å²) in [5.41, 5.74) is 6.61. The van der Waals surface area contributed by atoms with Crippen LogP contribution in [0.25, 0.3) is 21.5 Å². The maximum Gasteiger partial charge on any atom is 0.397 e. The van der Waals surface area contributed by atoms with E-state index in [1.165, 1.54) is 0 Å². The molecule has 12 N–H and O–H groups in total. The van der Waals surface area contributed by atoms with E-state index in [9.17, 15) is 97.5 Å². The molecule has 0 saturated heterocycles. The number of non-ortho nitro benzene ring substituents is 1. The molecule has 0 aromatic heterocycles. The first-order valence-electron chi connectivity index (χ1n) is 23.5. The molecule has 0 aliphatic rings. The van der Waals surface area contributed by atoms with Gasteiger partial charge in [0.2, 0.25) is 0 Å². The Morgan fingerprint density at radius 1 is 0.472 bits per heavy atom. The number of phenols is 2. The predicted molar refractivity (Wildman–Crippen MR) is 309 cm³/mol. The van der Waals surface area contributed by atoms with Crippen molar-refractivity contribution in [3.63, 3.8) is 0 Å². The number of nitrogens with zero attached hydrogens (tertiary/aromatic N) is 9. The quantitative estimate of drug-likeness (QED) is 0.0106. The lowest BCUT2D eigenvalue weighted by molar-refractivity contribution is -0.384. The van der Waals surface area contributed by atoms with Crippen molar-refractivity contribution in [2.45, 2.75) is 29.4 Å². The first-order valence-corrected chi connectivity index (χ1v) is 33.7. The van der Waals surface area contributed by atoms with Gasteiger partial charge in [-0.15, -0.1) is 20.5 Å². The van der Waals surface area contributed by atoms with E-state index in [0.29, 0.717) is 24.3 Å². The fourth-order valence-corrected chi connectivity index (χ4v) is 13.1. The number of hydrogen-bond acceptors (Lipinski definition) is 29. The Balaban J connectivity index is 1.04. The fourth-order valence-electron chi connectivity index (χ4n) is 7.87. The van der Waals surface area contributed by atoms with Gasteiger partial charge in [0.25, 0.3) is 56.2 Å². The zero-order valence-electron chi connectivity index (χ0n) is 43.6. The van der Waals surface area contributed by atoms with Crippen molar-refractivity contribution in [1.29, 1.82) is 0 Å². The van der Waals surface area contributed by atoms with Crippen molar-refractivity contribution < 1.29 is 101 Å². The number of nitrogens with two attached hydrogens (primary N) is 2. The number of nitrogen functional groups attached to an aromatic ring is 2. The largest absolute Gasteiger partial charge is 0.505 e. The Hall–Kier alpha value is -9.51. The molecule has 0 fully saturated rings. The minimum absolute atomic E-state index is 0.0756. The molecule has 89 heavy (non-hydrogen) atoms. The van der Waals surface area contributed by atoms with Crippen LogP contribution in [0.3, 0.4) is 0 Å². The summed E-state index contributed by atoms with van der Waals surface area (Å²) < 4.78 is 230. The maximum atomic E-state index is 13.5. The Morgan fingerprint density at radius 3 is 1.34 bits per heavy atom. The van der Waals surface area contributed by atoms with Crippen LogP contribution in [-0.2, 0) is 74.9 Å². The van der Waals surface area contributed by atoms with Crippen LogP contribution < -0.4 is 16.2 Å². The fraction of sp³-hybridized carbons (Fsp3) is 0.0435. The molecule has 0 unspecified atom stereocenters. The van der Waals surface area contributed by atoms with Gasteiger partial charge in [0.15, 0.2) is 21.3 Å². The van der Waals surface area contributed by atoms with Gasteiger partial charge >= 0.3 is 10.4 Å². The predicted octanol–water partition coefficient (Wildman–Crippen LogP) is 8.52. The van der Waals surface area contributed by atoms with E-state index in [-0.39, 0.29) is 39.0 Å². The van der Waals surface area contributed by atoms with Crippen LogP contribution in [-0.4, -0.2) is 109 Å². The summed E-state index contributed by atoms with van der Waals surface area (Å²) in [4.78, 5) is 4.96. The molecule has 43 heteroatoms. The van der Waals surface area contributed by atoms with E-state index in [1.807, 2.05) is 0 Å². The van der Waals surface area contributed by atoms with Crippen LogP contribution in [0, 0.1) is 10.1 Å². The Bertz CT molecular complexity index is 5240. The van der Waals surface area contributed by atoms with Crippen LogP contribution in [0.5, 0.6) is 11.5 Å².